The van der Waals surface area contributed by atoms with Gasteiger partial charge in [-0.05, 0) is 6.42 Å². The van der Waals surface area contributed by atoms with Crippen LogP contribution >= 0.6 is 0 Å². The number of guanidine groups is 2. The Kier molecular flexibility index (Phi) is 12.9. The van der Waals surface area contributed by atoms with E-state index in [1.54, 1.807) is 4.90 Å². The van der Waals surface area contributed by atoms with Crippen LogP contribution in [0.2, 0.25) is 0 Å². The number of nitrogens with one attached hydrogen (secondary N) is 1. The minimum atomic E-state index is -0.0502. The molecule has 0 aliphatic rings. The molecule has 0 bridgehead atoms. The van der Waals surface area contributed by atoms with Gasteiger partial charge in [0, 0.05) is 13.6 Å². The monoisotopic (exact) mass is 297 g/mol. The van der Waals surface area contributed by atoms with Crippen molar-refractivity contribution in [3.8, 4) is 0 Å². The third-order valence-electron chi connectivity index (χ3n) is 3.69. The Labute approximate surface area is 130 Å². The molecule has 124 valence electrons. The first kappa shape index (κ1) is 19.7. The average molecular weight is 297 g/mol. The van der Waals surface area contributed by atoms with Gasteiger partial charge in [-0.15, -0.1) is 0 Å². The molecule has 0 aliphatic heterocycles. The van der Waals surface area contributed by atoms with Crippen LogP contribution in [0.3, 0.4) is 0 Å². The molecule has 0 aromatic rings. The molecule has 5 N–H and O–H groups in total. The zero-order valence-electron chi connectivity index (χ0n) is 14.0. The normalized spacial score (nSPS) is 10.4. The third-order valence-corrected chi connectivity index (χ3v) is 3.69. The molecule has 0 heterocycles. The molecule has 0 aromatic carbocycles. The minimum absolute atomic E-state index is 0.0502. The van der Waals surface area contributed by atoms with Crippen molar-refractivity contribution in [3.05, 3.63) is 0 Å². The molecule has 0 saturated carbocycles. The Bertz CT molecular complexity index is 284. The zero-order chi connectivity index (χ0) is 15.9. The van der Waals surface area contributed by atoms with Crippen molar-refractivity contribution in [2.24, 2.45) is 16.5 Å². The number of hydrogen-bond acceptors (Lipinski definition) is 1. The van der Waals surface area contributed by atoms with E-state index in [1.807, 2.05) is 7.05 Å². The molecular formula is C16H35N5. The maximum Gasteiger partial charge on any atom is 0.220 e. The van der Waals surface area contributed by atoms with E-state index >= 15 is 0 Å². The molecular weight excluding hydrogens is 262 g/mol. The number of nitrogens with zero attached hydrogens (tertiary/aromatic N) is 2. The molecule has 0 radical (unpaired) electrons. The molecule has 0 unspecified atom stereocenters. The Morgan fingerprint density at radius 1 is 0.857 bits per heavy atom. The highest BCUT2D eigenvalue weighted by Crippen LogP contribution is 2.11. The van der Waals surface area contributed by atoms with Gasteiger partial charge in [0.2, 0.25) is 5.96 Å². The standard InChI is InChI=1S/C16H35N5/c1-3-4-5-6-7-8-9-10-11-12-13-14-21(2)16(19)20-15(17)18/h3-14H2,1-2H3,(H5,17,18,19,20). The van der Waals surface area contributed by atoms with Crippen molar-refractivity contribution in [3.63, 3.8) is 0 Å². The first-order valence-corrected chi connectivity index (χ1v) is 8.47. The van der Waals surface area contributed by atoms with Crippen LogP contribution in [0.4, 0.5) is 0 Å². The molecule has 5 nitrogen and oxygen atoms in total. The lowest BCUT2D eigenvalue weighted by molar-refractivity contribution is 0.458. The van der Waals surface area contributed by atoms with Gasteiger partial charge in [-0.1, -0.05) is 71.1 Å². The summed E-state index contributed by atoms with van der Waals surface area (Å²) < 4.78 is 0. The first-order valence-electron chi connectivity index (χ1n) is 8.47. The van der Waals surface area contributed by atoms with Crippen LogP contribution in [0.5, 0.6) is 0 Å². The fourth-order valence-corrected chi connectivity index (χ4v) is 2.33. The molecule has 0 rings (SSSR count). The van der Waals surface area contributed by atoms with Gasteiger partial charge in [0.15, 0.2) is 5.96 Å². The van der Waals surface area contributed by atoms with Crippen molar-refractivity contribution < 1.29 is 0 Å². The van der Waals surface area contributed by atoms with Gasteiger partial charge in [-0.3, -0.25) is 5.41 Å². The molecule has 0 aromatic heterocycles. The highest BCUT2D eigenvalue weighted by molar-refractivity contribution is 5.91. The largest absolute Gasteiger partial charge is 0.370 e. The van der Waals surface area contributed by atoms with Gasteiger partial charge in [0.05, 0.1) is 0 Å². The summed E-state index contributed by atoms with van der Waals surface area (Å²) in [5.41, 5.74) is 10.5. The smallest absolute Gasteiger partial charge is 0.220 e. The van der Waals surface area contributed by atoms with E-state index in [0.29, 0.717) is 0 Å². The molecule has 0 saturated heterocycles. The Morgan fingerprint density at radius 2 is 1.29 bits per heavy atom. The van der Waals surface area contributed by atoms with Crippen LogP contribution in [-0.4, -0.2) is 30.4 Å². The van der Waals surface area contributed by atoms with Crippen LogP contribution in [0.15, 0.2) is 4.99 Å². The van der Waals surface area contributed by atoms with E-state index in [4.69, 9.17) is 16.9 Å². The van der Waals surface area contributed by atoms with E-state index in [0.717, 1.165) is 13.0 Å². The van der Waals surface area contributed by atoms with Gasteiger partial charge in [0.1, 0.15) is 0 Å². The Morgan fingerprint density at radius 3 is 1.71 bits per heavy atom. The third kappa shape index (κ3) is 13.5. The quantitative estimate of drug-likeness (QED) is 0.293. The van der Waals surface area contributed by atoms with E-state index in [-0.39, 0.29) is 11.9 Å². The predicted octanol–water partition coefficient (Wildman–Crippen LogP) is 3.44. The van der Waals surface area contributed by atoms with Crippen LogP contribution < -0.4 is 11.5 Å². The summed E-state index contributed by atoms with van der Waals surface area (Å²) in [6.07, 6.45) is 14.6. The summed E-state index contributed by atoms with van der Waals surface area (Å²) >= 11 is 0. The summed E-state index contributed by atoms with van der Waals surface area (Å²) in [6, 6.07) is 0. The Balaban J connectivity index is 3.32. The number of aliphatic imine (C=N–C) groups is 1. The Hall–Kier alpha value is -1.26. The van der Waals surface area contributed by atoms with Gasteiger partial charge in [-0.2, -0.15) is 4.99 Å². The zero-order valence-corrected chi connectivity index (χ0v) is 14.0. The van der Waals surface area contributed by atoms with E-state index in [9.17, 15) is 0 Å². The lowest BCUT2D eigenvalue weighted by Crippen LogP contribution is -2.31. The highest BCUT2D eigenvalue weighted by Gasteiger charge is 2.02. The van der Waals surface area contributed by atoms with E-state index in [2.05, 4.69) is 11.9 Å². The van der Waals surface area contributed by atoms with Gasteiger partial charge < -0.3 is 16.4 Å². The molecule has 21 heavy (non-hydrogen) atoms. The lowest BCUT2D eigenvalue weighted by atomic mass is 10.1. The molecule has 0 spiro atoms. The first-order chi connectivity index (χ1) is 10.1. The fraction of sp³-hybridized carbons (Fsp3) is 0.875. The predicted molar refractivity (Wildman–Crippen MR) is 92.6 cm³/mol. The van der Waals surface area contributed by atoms with Gasteiger partial charge in [-0.25, -0.2) is 0 Å². The van der Waals surface area contributed by atoms with Crippen LogP contribution in [0.1, 0.15) is 77.6 Å². The molecule has 0 aliphatic carbocycles. The van der Waals surface area contributed by atoms with Gasteiger partial charge >= 0.3 is 0 Å². The number of hydrogen-bond donors (Lipinski definition) is 3. The maximum atomic E-state index is 7.64. The summed E-state index contributed by atoms with van der Waals surface area (Å²) in [6.45, 7) is 3.10. The SMILES string of the molecule is CCCCCCCCCCCCCN(C)C(=N)N=C(N)N. The topological polar surface area (TPSA) is 91.5 Å². The number of nitrogens with two attached hydrogens (primary N) is 2. The fourth-order valence-electron chi connectivity index (χ4n) is 2.33. The van der Waals surface area contributed by atoms with E-state index < -0.39 is 0 Å². The molecule has 0 amide bonds. The second-order valence-electron chi connectivity index (χ2n) is 5.82. The minimum Gasteiger partial charge on any atom is -0.370 e. The molecule has 5 heteroatoms. The average Bonchev–Trinajstić information content (AvgIpc) is 2.43. The lowest BCUT2D eigenvalue weighted by Gasteiger charge is -2.16. The second-order valence-corrected chi connectivity index (χ2v) is 5.82. The molecule has 0 fully saturated rings. The van der Waals surface area contributed by atoms with Crippen molar-refractivity contribution >= 4 is 11.9 Å². The van der Waals surface area contributed by atoms with Crippen LogP contribution in [0, 0.1) is 5.41 Å². The van der Waals surface area contributed by atoms with Crippen molar-refractivity contribution in [2.45, 2.75) is 77.6 Å². The van der Waals surface area contributed by atoms with Crippen molar-refractivity contribution in [2.75, 3.05) is 13.6 Å². The van der Waals surface area contributed by atoms with Crippen molar-refractivity contribution in [1.82, 2.24) is 4.90 Å². The van der Waals surface area contributed by atoms with E-state index in [1.165, 1.54) is 64.2 Å². The number of rotatable bonds is 12. The van der Waals surface area contributed by atoms with Crippen LogP contribution in [0.25, 0.3) is 0 Å². The summed E-state index contributed by atoms with van der Waals surface area (Å²) in [5, 5.41) is 7.64. The van der Waals surface area contributed by atoms with Crippen molar-refractivity contribution in [1.29, 1.82) is 5.41 Å². The summed E-state index contributed by atoms with van der Waals surface area (Å²) in [7, 11) is 1.85. The second kappa shape index (κ2) is 13.7. The van der Waals surface area contributed by atoms with Crippen LogP contribution in [-0.2, 0) is 0 Å². The summed E-state index contributed by atoms with van der Waals surface area (Å²) in [4.78, 5) is 5.51. The number of unbranched alkanes of at least 4 members (excludes halogenated alkanes) is 10. The van der Waals surface area contributed by atoms with Gasteiger partial charge in [0.25, 0.3) is 0 Å². The molecule has 0 atom stereocenters. The summed E-state index contributed by atoms with van der Waals surface area (Å²) in [5.74, 6) is 0.0906. The maximum absolute atomic E-state index is 7.64. The highest BCUT2D eigenvalue weighted by atomic mass is 15.2.